The van der Waals surface area contributed by atoms with Crippen LogP contribution in [0.5, 0.6) is 0 Å². The van der Waals surface area contributed by atoms with Gasteiger partial charge in [0, 0.05) is 16.8 Å². The Balaban J connectivity index is 2.18. The monoisotopic (exact) mass is 317 g/mol. The fourth-order valence-corrected chi connectivity index (χ4v) is 2.90. The van der Waals surface area contributed by atoms with Gasteiger partial charge in [0.2, 0.25) is 19.3 Å². The van der Waals surface area contributed by atoms with Crippen LogP contribution in [0.25, 0.3) is 0 Å². The molecule has 0 radical (unpaired) electrons. The number of amides is 1. The fourth-order valence-electron chi connectivity index (χ4n) is 1.21. The summed E-state index contributed by atoms with van der Waals surface area (Å²) < 4.78 is 22.3. The van der Waals surface area contributed by atoms with Gasteiger partial charge < -0.3 is 0 Å². The van der Waals surface area contributed by atoms with Crippen molar-refractivity contribution in [1.29, 1.82) is 0 Å². The first-order valence-electron chi connectivity index (χ1n) is 4.97. The van der Waals surface area contributed by atoms with Crippen molar-refractivity contribution in [1.82, 2.24) is 10.2 Å². The largest absolute Gasteiger partial charge is 0.296 e. The van der Waals surface area contributed by atoms with Crippen molar-refractivity contribution in [2.24, 2.45) is 0 Å². The van der Waals surface area contributed by atoms with Gasteiger partial charge in [-0.25, -0.2) is 8.42 Å². The van der Waals surface area contributed by atoms with Crippen molar-refractivity contribution in [3.05, 3.63) is 34.9 Å². The molecule has 0 spiro atoms. The van der Waals surface area contributed by atoms with Gasteiger partial charge in [-0.2, -0.15) is 0 Å². The van der Waals surface area contributed by atoms with Crippen molar-refractivity contribution >= 4 is 43.8 Å². The molecule has 0 saturated carbocycles. The molecule has 0 aliphatic heterocycles. The van der Waals surface area contributed by atoms with E-state index in [0.29, 0.717) is 10.6 Å². The molecule has 1 aromatic carbocycles. The lowest BCUT2D eigenvalue weighted by atomic mass is 10.2. The van der Waals surface area contributed by atoms with Crippen molar-refractivity contribution in [3.8, 4) is 0 Å². The summed E-state index contributed by atoms with van der Waals surface area (Å²) in [4.78, 5) is 11.8. The maximum atomic E-state index is 11.8. The SMILES string of the molecule is CS(=O)(=O)c1nnc(NC(=O)c2cccc(Cl)c2)s1. The van der Waals surface area contributed by atoms with Crippen molar-refractivity contribution in [2.75, 3.05) is 11.6 Å². The molecule has 0 atom stereocenters. The lowest BCUT2D eigenvalue weighted by molar-refractivity contribution is 0.102. The summed E-state index contributed by atoms with van der Waals surface area (Å²) in [6.07, 6.45) is 1.02. The molecule has 0 saturated heterocycles. The summed E-state index contributed by atoms with van der Waals surface area (Å²) >= 11 is 6.56. The molecular weight excluding hydrogens is 310 g/mol. The number of nitrogens with zero attached hydrogens (tertiary/aromatic N) is 2. The highest BCUT2D eigenvalue weighted by atomic mass is 35.5. The Morgan fingerprint density at radius 1 is 1.37 bits per heavy atom. The van der Waals surface area contributed by atoms with Crippen LogP contribution in [-0.2, 0) is 9.84 Å². The minimum absolute atomic E-state index is 0.116. The third-order valence-electron chi connectivity index (χ3n) is 2.03. The molecule has 0 fully saturated rings. The van der Waals surface area contributed by atoms with E-state index in [4.69, 9.17) is 11.6 Å². The van der Waals surface area contributed by atoms with Gasteiger partial charge in [0.25, 0.3) is 5.91 Å². The standard InChI is InChI=1S/C10H8ClN3O3S2/c1-19(16,17)10-14-13-9(18-10)12-8(15)6-3-2-4-7(11)5-6/h2-5H,1H3,(H,12,13,15). The molecule has 100 valence electrons. The van der Waals surface area contributed by atoms with Crippen LogP contribution in [0.4, 0.5) is 5.13 Å². The van der Waals surface area contributed by atoms with Gasteiger partial charge in [0.1, 0.15) is 0 Å². The Hall–Kier alpha value is -1.51. The molecule has 2 aromatic rings. The van der Waals surface area contributed by atoms with E-state index < -0.39 is 15.7 Å². The lowest BCUT2D eigenvalue weighted by Crippen LogP contribution is -2.11. The summed E-state index contributed by atoms with van der Waals surface area (Å²) in [5.41, 5.74) is 0.351. The highest BCUT2D eigenvalue weighted by Crippen LogP contribution is 2.20. The highest BCUT2D eigenvalue weighted by molar-refractivity contribution is 7.92. The lowest BCUT2D eigenvalue weighted by Gasteiger charge is -2.00. The van der Waals surface area contributed by atoms with Crippen LogP contribution in [0.1, 0.15) is 10.4 Å². The minimum atomic E-state index is -3.42. The van der Waals surface area contributed by atoms with Crippen LogP contribution >= 0.6 is 22.9 Å². The third-order valence-corrected chi connectivity index (χ3v) is 4.77. The highest BCUT2D eigenvalue weighted by Gasteiger charge is 2.16. The number of anilines is 1. The molecule has 1 amide bonds. The molecule has 6 nitrogen and oxygen atoms in total. The summed E-state index contributed by atoms with van der Waals surface area (Å²) in [6, 6.07) is 6.36. The van der Waals surface area contributed by atoms with Crippen LogP contribution in [0.15, 0.2) is 28.6 Å². The molecule has 0 unspecified atom stereocenters. The average Bonchev–Trinajstić information content (AvgIpc) is 2.77. The Labute approximate surface area is 118 Å². The zero-order valence-electron chi connectivity index (χ0n) is 9.62. The third kappa shape index (κ3) is 3.49. The summed E-state index contributed by atoms with van der Waals surface area (Å²) in [7, 11) is -3.42. The second kappa shape index (κ2) is 5.24. The molecule has 0 aliphatic carbocycles. The molecule has 19 heavy (non-hydrogen) atoms. The topological polar surface area (TPSA) is 89.0 Å². The Kier molecular flexibility index (Phi) is 3.83. The maximum absolute atomic E-state index is 11.8. The predicted octanol–water partition coefficient (Wildman–Crippen LogP) is 1.85. The molecule has 1 heterocycles. The number of carbonyl (C=O) groups excluding carboxylic acids is 1. The normalized spacial score (nSPS) is 11.3. The number of hydrogen-bond acceptors (Lipinski definition) is 6. The predicted molar refractivity (Wildman–Crippen MR) is 72.4 cm³/mol. The summed E-state index contributed by atoms with van der Waals surface area (Å²) in [5.74, 6) is -0.432. The van der Waals surface area contributed by atoms with Crippen LogP contribution in [0.2, 0.25) is 5.02 Å². The van der Waals surface area contributed by atoms with E-state index in [9.17, 15) is 13.2 Å². The first-order chi connectivity index (χ1) is 8.86. The van der Waals surface area contributed by atoms with Crippen molar-refractivity contribution in [3.63, 3.8) is 0 Å². The van der Waals surface area contributed by atoms with E-state index in [1.165, 1.54) is 6.07 Å². The number of halogens is 1. The fraction of sp³-hybridized carbons (Fsp3) is 0.100. The van der Waals surface area contributed by atoms with E-state index >= 15 is 0 Å². The number of rotatable bonds is 3. The van der Waals surface area contributed by atoms with Gasteiger partial charge in [-0.05, 0) is 18.2 Å². The van der Waals surface area contributed by atoms with Gasteiger partial charge in [-0.3, -0.25) is 10.1 Å². The molecule has 1 N–H and O–H groups in total. The van der Waals surface area contributed by atoms with Gasteiger partial charge in [0.05, 0.1) is 0 Å². The Bertz CT molecular complexity index is 727. The number of benzene rings is 1. The summed E-state index contributed by atoms with van der Waals surface area (Å²) in [5, 5.41) is 10.1. The number of hydrogen-bond donors (Lipinski definition) is 1. The van der Waals surface area contributed by atoms with E-state index in [1.54, 1.807) is 18.2 Å². The average molecular weight is 318 g/mol. The maximum Gasteiger partial charge on any atom is 0.257 e. The van der Waals surface area contributed by atoms with Crippen LogP contribution in [0.3, 0.4) is 0 Å². The molecular formula is C10H8ClN3O3S2. The van der Waals surface area contributed by atoms with Gasteiger partial charge in [0.15, 0.2) is 0 Å². The summed E-state index contributed by atoms with van der Waals surface area (Å²) in [6.45, 7) is 0. The molecule has 0 bridgehead atoms. The van der Waals surface area contributed by atoms with Crippen molar-refractivity contribution in [2.45, 2.75) is 4.34 Å². The first-order valence-corrected chi connectivity index (χ1v) is 8.05. The van der Waals surface area contributed by atoms with E-state index in [0.717, 1.165) is 17.6 Å². The van der Waals surface area contributed by atoms with Crippen LogP contribution < -0.4 is 5.32 Å². The Morgan fingerprint density at radius 3 is 2.68 bits per heavy atom. The molecule has 9 heteroatoms. The second-order valence-corrected chi connectivity index (χ2v) is 7.21. The number of nitrogens with one attached hydrogen (secondary N) is 1. The zero-order valence-corrected chi connectivity index (χ0v) is 12.0. The first kappa shape index (κ1) is 13.9. The Morgan fingerprint density at radius 2 is 2.11 bits per heavy atom. The zero-order chi connectivity index (χ0) is 14.0. The van der Waals surface area contributed by atoms with Crippen LogP contribution in [-0.4, -0.2) is 30.8 Å². The number of carbonyl (C=O) groups is 1. The van der Waals surface area contributed by atoms with Crippen LogP contribution in [0, 0.1) is 0 Å². The quantitative estimate of drug-likeness (QED) is 0.873. The number of sulfone groups is 1. The van der Waals surface area contributed by atoms with E-state index in [2.05, 4.69) is 15.5 Å². The van der Waals surface area contributed by atoms with E-state index in [-0.39, 0.29) is 9.47 Å². The van der Waals surface area contributed by atoms with Gasteiger partial charge >= 0.3 is 0 Å². The van der Waals surface area contributed by atoms with E-state index in [1.807, 2.05) is 0 Å². The second-order valence-electron chi connectivity index (χ2n) is 3.61. The van der Waals surface area contributed by atoms with Gasteiger partial charge in [-0.1, -0.05) is 29.0 Å². The molecule has 1 aromatic heterocycles. The van der Waals surface area contributed by atoms with Gasteiger partial charge in [-0.15, -0.1) is 10.2 Å². The smallest absolute Gasteiger partial charge is 0.257 e. The van der Waals surface area contributed by atoms with Crippen molar-refractivity contribution < 1.29 is 13.2 Å². The number of aromatic nitrogens is 2. The molecule has 2 rings (SSSR count). The molecule has 0 aliphatic rings. The minimum Gasteiger partial charge on any atom is -0.296 e.